The molecular formula is C24H27N5O5. The lowest BCUT2D eigenvalue weighted by Gasteiger charge is -2.12. The number of aromatic nitrogens is 2. The van der Waals surface area contributed by atoms with E-state index in [9.17, 15) is 14.9 Å². The summed E-state index contributed by atoms with van der Waals surface area (Å²) in [7, 11) is 1.56. The van der Waals surface area contributed by atoms with Crippen molar-refractivity contribution in [3.05, 3.63) is 80.7 Å². The summed E-state index contributed by atoms with van der Waals surface area (Å²) in [6.07, 6.45) is 0. The Morgan fingerprint density at radius 2 is 1.85 bits per heavy atom. The third kappa shape index (κ3) is 5.77. The van der Waals surface area contributed by atoms with Crippen LogP contribution in [0.1, 0.15) is 35.0 Å². The molecule has 2 aromatic carbocycles. The summed E-state index contributed by atoms with van der Waals surface area (Å²) in [4.78, 5) is 22.9. The minimum Gasteiger partial charge on any atom is -0.493 e. The van der Waals surface area contributed by atoms with Gasteiger partial charge in [-0.25, -0.2) is 5.43 Å². The van der Waals surface area contributed by atoms with Crippen LogP contribution >= 0.6 is 0 Å². The maximum absolute atomic E-state index is 12.3. The molecule has 0 radical (unpaired) electrons. The molecule has 0 aliphatic heterocycles. The summed E-state index contributed by atoms with van der Waals surface area (Å²) in [5, 5.41) is 19.3. The third-order valence-corrected chi connectivity index (χ3v) is 5.26. The molecule has 0 saturated carbocycles. The monoisotopic (exact) mass is 465 g/mol. The maximum atomic E-state index is 12.3. The molecule has 0 fully saturated rings. The van der Waals surface area contributed by atoms with Gasteiger partial charge in [0.1, 0.15) is 24.5 Å². The van der Waals surface area contributed by atoms with Crippen LogP contribution < -0.4 is 14.9 Å². The summed E-state index contributed by atoms with van der Waals surface area (Å²) >= 11 is 0. The van der Waals surface area contributed by atoms with E-state index >= 15 is 0 Å². The molecule has 1 amide bonds. The predicted octanol–water partition coefficient (Wildman–Crippen LogP) is 3.84. The molecular weight excluding hydrogens is 438 g/mol. The lowest BCUT2D eigenvalue weighted by atomic mass is 10.1. The minimum absolute atomic E-state index is 0.0933. The van der Waals surface area contributed by atoms with E-state index in [0.29, 0.717) is 29.5 Å². The molecule has 0 unspecified atom stereocenters. The fourth-order valence-electron chi connectivity index (χ4n) is 3.35. The average molecular weight is 466 g/mol. The molecule has 178 valence electrons. The Kier molecular flexibility index (Phi) is 7.62. The normalized spacial score (nSPS) is 11.3. The number of hydrazone groups is 1. The molecule has 3 rings (SSSR count). The number of carbonyl (C=O) groups is 1. The molecule has 0 atom stereocenters. The second-order valence-electron chi connectivity index (χ2n) is 7.81. The highest BCUT2D eigenvalue weighted by Crippen LogP contribution is 2.29. The van der Waals surface area contributed by atoms with Crippen LogP contribution in [0.2, 0.25) is 0 Å². The SMILES string of the molecule is COc1cc(/C(C)=N/NC(=O)Cn2nc(C)c([N+](=O)[O-])c2C)ccc1OCc1ccc(C)cc1. The van der Waals surface area contributed by atoms with Gasteiger partial charge in [-0.3, -0.25) is 19.6 Å². The molecule has 1 N–H and O–H groups in total. The Morgan fingerprint density at radius 1 is 1.15 bits per heavy atom. The molecule has 3 aromatic rings. The summed E-state index contributed by atoms with van der Waals surface area (Å²) in [6.45, 7) is 7.08. The zero-order valence-corrected chi connectivity index (χ0v) is 19.8. The van der Waals surface area contributed by atoms with Crippen molar-refractivity contribution in [3.63, 3.8) is 0 Å². The highest BCUT2D eigenvalue weighted by atomic mass is 16.6. The molecule has 1 aromatic heterocycles. The Bertz CT molecular complexity index is 1230. The lowest BCUT2D eigenvalue weighted by molar-refractivity contribution is -0.386. The smallest absolute Gasteiger partial charge is 0.312 e. The van der Waals surface area contributed by atoms with Gasteiger partial charge in [-0.1, -0.05) is 29.8 Å². The quantitative estimate of drug-likeness (QED) is 0.291. The van der Waals surface area contributed by atoms with Gasteiger partial charge < -0.3 is 9.47 Å². The molecule has 0 aliphatic carbocycles. The largest absolute Gasteiger partial charge is 0.493 e. The van der Waals surface area contributed by atoms with Crippen LogP contribution in [-0.4, -0.2) is 33.4 Å². The molecule has 10 nitrogen and oxygen atoms in total. The van der Waals surface area contributed by atoms with Gasteiger partial charge in [0.25, 0.3) is 5.91 Å². The standard InChI is InChI=1S/C24H27N5O5/c1-15-6-8-19(9-7-15)14-34-21-11-10-20(12-22(21)33-5)16(2)25-26-23(30)13-28-18(4)24(29(31)32)17(3)27-28/h6-12H,13-14H2,1-5H3,(H,26,30)/b25-16+. The summed E-state index contributed by atoms with van der Waals surface area (Å²) in [5.74, 6) is 0.681. The topological polar surface area (TPSA) is 121 Å². The second kappa shape index (κ2) is 10.6. The fourth-order valence-corrected chi connectivity index (χ4v) is 3.35. The zero-order chi connectivity index (χ0) is 24.8. The summed E-state index contributed by atoms with van der Waals surface area (Å²) in [5.41, 5.74) is 6.46. The van der Waals surface area contributed by atoms with E-state index in [2.05, 4.69) is 15.6 Å². The van der Waals surface area contributed by atoms with Crippen molar-refractivity contribution in [2.75, 3.05) is 7.11 Å². The number of ether oxygens (including phenoxy) is 2. The second-order valence-corrected chi connectivity index (χ2v) is 7.81. The number of rotatable bonds is 9. The van der Waals surface area contributed by atoms with Gasteiger partial charge in [0.2, 0.25) is 0 Å². The van der Waals surface area contributed by atoms with Crippen LogP contribution in [0.15, 0.2) is 47.6 Å². The van der Waals surface area contributed by atoms with Crippen molar-refractivity contribution in [2.24, 2.45) is 5.10 Å². The van der Waals surface area contributed by atoms with Gasteiger partial charge in [0.15, 0.2) is 11.5 Å². The van der Waals surface area contributed by atoms with E-state index in [1.165, 1.54) is 17.2 Å². The van der Waals surface area contributed by atoms with Gasteiger partial charge >= 0.3 is 5.69 Å². The van der Waals surface area contributed by atoms with E-state index in [1.54, 1.807) is 33.1 Å². The molecule has 34 heavy (non-hydrogen) atoms. The number of hydrogen-bond acceptors (Lipinski definition) is 7. The number of nitrogens with zero attached hydrogens (tertiary/aromatic N) is 4. The van der Waals surface area contributed by atoms with Gasteiger partial charge in [-0.2, -0.15) is 10.2 Å². The van der Waals surface area contributed by atoms with Crippen molar-refractivity contribution < 1.29 is 19.2 Å². The molecule has 0 bridgehead atoms. The van der Waals surface area contributed by atoms with Gasteiger partial charge in [-0.05, 0) is 51.5 Å². The van der Waals surface area contributed by atoms with Crippen LogP contribution in [-0.2, 0) is 17.9 Å². The van der Waals surface area contributed by atoms with Crippen LogP contribution in [0.4, 0.5) is 5.69 Å². The number of hydrogen-bond donors (Lipinski definition) is 1. The molecule has 0 saturated heterocycles. The Labute approximate surface area is 197 Å². The first kappa shape index (κ1) is 24.4. The zero-order valence-electron chi connectivity index (χ0n) is 19.8. The van der Waals surface area contributed by atoms with Gasteiger partial charge in [0.05, 0.1) is 17.7 Å². The molecule has 0 spiro atoms. The highest BCUT2D eigenvalue weighted by Gasteiger charge is 2.22. The first-order valence-corrected chi connectivity index (χ1v) is 10.6. The number of carbonyl (C=O) groups excluding carboxylic acids is 1. The fraction of sp³-hybridized carbons (Fsp3) is 0.292. The van der Waals surface area contributed by atoms with Crippen LogP contribution in [0.25, 0.3) is 0 Å². The average Bonchev–Trinajstić information content (AvgIpc) is 3.09. The lowest BCUT2D eigenvalue weighted by Crippen LogP contribution is -2.25. The van der Waals surface area contributed by atoms with Crippen LogP contribution in [0.5, 0.6) is 11.5 Å². The van der Waals surface area contributed by atoms with E-state index in [4.69, 9.17) is 9.47 Å². The van der Waals surface area contributed by atoms with Crippen molar-refractivity contribution in [1.82, 2.24) is 15.2 Å². The number of aryl methyl sites for hydroxylation is 2. The number of amides is 1. The summed E-state index contributed by atoms with van der Waals surface area (Å²) in [6, 6.07) is 13.5. The van der Waals surface area contributed by atoms with E-state index < -0.39 is 10.8 Å². The Balaban J connectivity index is 1.65. The first-order chi connectivity index (χ1) is 16.2. The van der Waals surface area contributed by atoms with E-state index in [0.717, 1.165) is 11.1 Å². The highest BCUT2D eigenvalue weighted by molar-refractivity contribution is 5.99. The van der Waals surface area contributed by atoms with Crippen molar-refractivity contribution in [1.29, 1.82) is 0 Å². The van der Waals surface area contributed by atoms with Gasteiger partial charge in [-0.15, -0.1) is 0 Å². The van der Waals surface area contributed by atoms with E-state index in [1.807, 2.05) is 37.3 Å². The van der Waals surface area contributed by atoms with Crippen LogP contribution in [0, 0.1) is 30.9 Å². The minimum atomic E-state index is -0.504. The van der Waals surface area contributed by atoms with Crippen molar-refractivity contribution in [2.45, 2.75) is 40.8 Å². The predicted molar refractivity (Wildman–Crippen MR) is 127 cm³/mol. The third-order valence-electron chi connectivity index (χ3n) is 5.26. The maximum Gasteiger partial charge on any atom is 0.312 e. The van der Waals surface area contributed by atoms with Crippen molar-refractivity contribution in [3.8, 4) is 11.5 Å². The molecule has 10 heteroatoms. The van der Waals surface area contributed by atoms with E-state index in [-0.39, 0.29) is 17.9 Å². The van der Waals surface area contributed by atoms with Crippen LogP contribution in [0.3, 0.4) is 0 Å². The molecule has 0 aliphatic rings. The Hall–Kier alpha value is -4.21. The van der Waals surface area contributed by atoms with Gasteiger partial charge in [0, 0.05) is 5.56 Å². The first-order valence-electron chi connectivity index (χ1n) is 10.6. The van der Waals surface area contributed by atoms with Crippen molar-refractivity contribution >= 4 is 17.3 Å². The molecule has 1 heterocycles. The number of nitro groups is 1. The summed E-state index contributed by atoms with van der Waals surface area (Å²) < 4.78 is 12.6. The number of methoxy groups -OCH3 is 1. The Morgan fingerprint density at radius 3 is 2.47 bits per heavy atom. The number of nitrogens with one attached hydrogen (secondary N) is 1. The number of benzene rings is 2.